The molecule has 1 aliphatic carbocycles. The van der Waals surface area contributed by atoms with Crippen LogP contribution < -0.4 is 10.6 Å². The smallest absolute Gasteiger partial charge is 0.191 e. The van der Waals surface area contributed by atoms with Gasteiger partial charge < -0.3 is 10.6 Å². The molecule has 0 aliphatic heterocycles. The van der Waals surface area contributed by atoms with Crippen molar-refractivity contribution in [2.45, 2.75) is 58.7 Å². The molecule has 0 radical (unpaired) electrons. The second-order valence-electron chi connectivity index (χ2n) is 7.37. The van der Waals surface area contributed by atoms with E-state index in [1.165, 1.54) is 17.7 Å². The largest absolute Gasteiger partial charge is 0.357 e. The Morgan fingerprint density at radius 3 is 3.00 bits per heavy atom. The number of fused-ring (bicyclic) bond motifs is 1. The summed E-state index contributed by atoms with van der Waals surface area (Å²) in [4.78, 5) is 4.52. The summed E-state index contributed by atoms with van der Waals surface area (Å²) in [7, 11) is 0. The number of nitrogens with one attached hydrogen (secondary N) is 2. The predicted octanol–water partition coefficient (Wildman–Crippen LogP) is 3.09. The average molecular weight is 382 g/mol. The Morgan fingerprint density at radius 2 is 2.29 bits per heavy atom. The summed E-state index contributed by atoms with van der Waals surface area (Å²) in [5, 5.41) is 20.4. The van der Waals surface area contributed by atoms with Crippen LogP contribution in [0.4, 0.5) is 4.39 Å². The van der Waals surface area contributed by atoms with Crippen molar-refractivity contribution < 1.29 is 4.39 Å². The second kappa shape index (κ2) is 8.87. The van der Waals surface area contributed by atoms with Crippen LogP contribution in [-0.4, -0.2) is 28.3 Å². The molecule has 0 amide bonds. The first-order valence-corrected chi connectivity index (χ1v) is 9.80. The van der Waals surface area contributed by atoms with Gasteiger partial charge in [-0.15, -0.1) is 0 Å². The van der Waals surface area contributed by atoms with Crippen LogP contribution in [0.5, 0.6) is 0 Å². The molecule has 1 atom stereocenters. The maximum absolute atomic E-state index is 14.0. The summed E-state index contributed by atoms with van der Waals surface area (Å²) in [5.74, 6) is 0.307. The fourth-order valence-electron chi connectivity index (χ4n) is 3.34. The van der Waals surface area contributed by atoms with Gasteiger partial charge in [0.05, 0.1) is 23.9 Å². The number of nitriles is 1. The third-order valence-electron chi connectivity index (χ3n) is 4.89. The first kappa shape index (κ1) is 19.9. The third kappa shape index (κ3) is 4.69. The van der Waals surface area contributed by atoms with E-state index in [1.54, 1.807) is 6.07 Å². The molecule has 1 aromatic carbocycles. The second-order valence-corrected chi connectivity index (χ2v) is 7.37. The summed E-state index contributed by atoms with van der Waals surface area (Å²) in [6, 6.07) is 6.97. The summed E-state index contributed by atoms with van der Waals surface area (Å²) < 4.78 is 16.0. The lowest BCUT2D eigenvalue weighted by Gasteiger charge is -2.24. The number of halogens is 1. The number of benzene rings is 1. The Hall–Kier alpha value is -2.88. The van der Waals surface area contributed by atoms with E-state index in [0.29, 0.717) is 29.7 Å². The average Bonchev–Trinajstić information content (AvgIpc) is 3.11. The number of hydrogen-bond donors (Lipinski definition) is 2. The Kier molecular flexibility index (Phi) is 6.30. The number of aryl methyl sites for hydroxylation is 1. The Morgan fingerprint density at radius 1 is 1.46 bits per heavy atom. The Bertz CT molecular complexity index is 893. The predicted molar refractivity (Wildman–Crippen MR) is 107 cm³/mol. The molecule has 2 aromatic rings. The molecule has 0 fully saturated rings. The van der Waals surface area contributed by atoms with E-state index in [4.69, 9.17) is 10.4 Å². The van der Waals surface area contributed by atoms with Crippen LogP contribution in [-0.2, 0) is 19.4 Å². The minimum absolute atomic E-state index is 0.177. The highest BCUT2D eigenvalue weighted by Gasteiger charge is 2.23. The van der Waals surface area contributed by atoms with Crippen LogP contribution in [0, 0.1) is 17.1 Å². The molecule has 148 valence electrons. The Labute approximate surface area is 165 Å². The van der Waals surface area contributed by atoms with E-state index in [0.717, 1.165) is 25.0 Å². The molecule has 6 nitrogen and oxygen atoms in total. The molecule has 2 N–H and O–H groups in total. The van der Waals surface area contributed by atoms with E-state index in [1.807, 2.05) is 17.7 Å². The lowest BCUT2D eigenvalue weighted by atomic mass is 9.94. The zero-order valence-corrected chi connectivity index (χ0v) is 16.7. The zero-order chi connectivity index (χ0) is 20.1. The van der Waals surface area contributed by atoms with Crippen molar-refractivity contribution in [1.82, 2.24) is 20.4 Å². The number of aliphatic imine (C=N–C) groups is 1. The van der Waals surface area contributed by atoms with Crippen LogP contribution in [0.25, 0.3) is 0 Å². The highest BCUT2D eigenvalue weighted by atomic mass is 19.1. The van der Waals surface area contributed by atoms with Crippen molar-refractivity contribution in [1.29, 1.82) is 5.26 Å². The van der Waals surface area contributed by atoms with Gasteiger partial charge >= 0.3 is 0 Å². The molecule has 7 heteroatoms. The van der Waals surface area contributed by atoms with Crippen molar-refractivity contribution in [3.63, 3.8) is 0 Å². The van der Waals surface area contributed by atoms with Crippen molar-refractivity contribution in [3.8, 4) is 6.07 Å². The molecule has 3 rings (SSSR count). The SMILES string of the molecule is CCNC(=NCc1cc(C#N)ccc1F)NC1CCc2cn(C(C)C)nc2C1. The monoisotopic (exact) mass is 382 g/mol. The van der Waals surface area contributed by atoms with Crippen LogP contribution in [0.1, 0.15) is 55.6 Å². The standard InChI is InChI=1S/C21H27FN6/c1-4-24-21(25-12-17-9-15(11-23)5-8-19(17)22)26-18-7-6-16-13-28(14(2)3)27-20(16)10-18/h5,8-9,13-14,18H,4,6-7,10,12H2,1-3H3,(H2,24,25,26). The normalized spacial score (nSPS) is 16.6. The van der Waals surface area contributed by atoms with Gasteiger partial charge in [-0.25, -0.2) is 9.38 Å². The molecule has 0 spiro atoms. The van der Waals surface area contributed by atoms with Crippen LogP contribution in [0.15, 0.2) is 29.4 Å². The Balaban J connectivity index is 1.69. The molecule has 0 saturated carbocycles. The number of hydrogen-bond acceptors (Lipinski definition) is 3. The van der Waals surface area contributed by atoms with Crippen LogP contribution >= 0.6 is 0 Å². The van der Waals surface area contributed by atoms with Gasteiger partial charge in [-0.3, -0.25) is 4.68 Å². The number of rotatable bonds is 5. The zero-order valence-electron chi connectivity index (χ0n) is 16.7. The minimum Gasteiger partial charge on any atom is -0.357 e. The first-order chi connectivity index (χ1) is 13.5. The molecule has 1 aliphatic rings. The molecular weight excluding hydrogens is 355 g/mol. The van der Waals surface area contributed by atoms with Gasteiger partial charge in [0.1, 0.15) is 5.82 Å². The topological polar surface area (TPSA) is 78.0 Å². The third-order valence-corrected chi connectivity index (χ3v) is 4.89. The molecular formula is C21H27FN6. The maximum Gasteiger partial charge on any atom is 0.191 e. The highest BCUT2D eigenvalue weighted by molar-refractivity contribution is 5.80. The summed E-state index contributed by atoms with van der Waals surface area (Å²) >= 11 is 0. The molecule has 1 unspecified atom stereocenters. The van der Waals surface area contributed by atoms with Crippen molar-refractivity contribution in [2.24, 2.45) is 4.99 Å². The summed E-state index contributed by atoms with van der Waals surface area (Å²) in [5.41, 5.74) is 3.31. The number of guanidine groups is 1. The molecule has 1 aromatic heterocycles. The lowest BCUT2D eigenvalue weighted by Crippen LogP contribution is -2.45. The first-order valence-electron chi connectivity index (χ1n) is 9.80. The van der Waals surface area contributed by atoms with Crippen LogP contribution in [0.2, 0.25) is 0 Å². The van der Waals surface area contributed by atoms with E-state index in [-0.39, 0.29) is 18.4 Å². The quantitative estimate of drug-likeness (QED) is 0.615. The van der Waals surface area contributed by atoms with E-state index >= 15 is 0 Å². The van der Waals surface area contributed by atoms with Gasteiger partial charge in [0.15, 0.2) is 5.96 Å². The molecule has 0 bridgehead atoms. The van der Waals surface area contributed by atoms with Gasteiger partial charge in [-0.1, -0.05) is 0 Å². The van der Waals surface area contributed by atoms with Crippen molar-refractivity contribution in [2.75, 3.05) is 6.54 Å². The van der Waals surface area contributed by atoms with Gasteiger partial charge in [-0.2, -0.15) is 10.4 Å². The van der Waals surface area contributed by atoms with Crippen molar-refractivity contribution >= 4 is 5.96 Å². The number of aromatic nitrogens is 2. The van der Waals surface area contributed by atoms with Crippen LogP contribution in [0.3, 0.4) is 0 Å². The highest BCUT2D eigenvalue weighted by Crippen LogP contribution is 2.21. The van der Waals surface area contributed by atoms with E-state index < -0.39 is 0 Å². The minimum atomic E-state index is -0.347. The van der Waals surface area contributed by atoms with Gasteiger partial charge in [0, 0.05) is 36.8 Å². The van der Waals surface area contributed by atoms with Crippen molar-refractivity contribution in [3.05, 3.63) is 52.6 Å². The molecule has 28 heavy (non-hydrogen) atoms. The molecule has 1 heterocycles. The van der Waals surface area contributed by atoms with E-state index in [9.17, 15) is 4.39 Å². The maximum atomic E-state index is 14.0. The lowest BCUT2D eigenvalue weighted by molar-refractivity contribution is 0.499. The fourth-order valence-corrected chi connectivity index (χ4v) is 3.34. The number of nitrogens with zero attached hydrogens (tertiary/aromatic N) is 4. The van der Waals surface area contributed by atoms with E-state index in [2.05, 4.69) is 35.7 Å². The fraction of sp³-hybridized carbons (Fsp3) is 0.476. The van der Waals surface area contributed by atoms with Gasteiger partial charge in [0.25, 0.3) is 0 Å². The summed E-state index contributed by atoms with van der Waals surface area (Å²) in [6.45, 7) is 7.15. The van der Waals surface area contributed by atoms with Gasteiger partial charge in [-0.05, 0) is 57.4 Å². The van der Waals surface area contributed by atoms with Gasteiger partial charge in [0.2, 0.25) is 0 Å². The molecule has 0 saturated heterocycles. The summed E-state index contributed by atoms with van der Waals surface area (Å²) in [6.07, 6.45) is 4.98.